The molecule has 1 heterocycles. The zero-order valence-corrected chi connectivity index (χ0v) is 13.7. The molecule has 1 aromatic heterocycles. The average Bonchev–Trinajstić information content (AvgIpc) is 2.91. The summed E-state index contributed by atoms with van der Waals surface area (Å²) < 4.78 is 4.77. The van der Waals surface area contributed by atoms with Crippen LogP contribution in [-0.4, -0.2) is 30.3 Å². The Hall–Kier alpha value is -1.01. The van der Waals surface area contributed by atoms with Gasteiger partial charge in [-0.05, 0) is 24.8 Å². The summed E-state index contributed by atoms with van der Waals surface area (Å²) in [4.78, 5) is 25.0. The Bertz CT molecular complexity index is 434. The van der Waals surface area contributed by atoms with E-state index in [2.05, 4.69) is 5.32 Å². The summed E-state index contributed by atoms with van der Waals surface area (Å²) in [6, 6.07) is 4.04. The van der Waals surface area contributed by atoms with Gasteiger partial charge in [0.1, 0.15) is 5.54 Å². The van der Waals surface area contributed by atoms with E-state index < -0.39 is 11.5 Å². The Balaban J connectivity index is 2.43. The quantitative estimate of drug-likeness (QED) is 0.750. The summed E-state index contributed by atoms with van der Waals surface area (Å²) >= 11 is 3.22. The third-order valence-corrected chi connectivity index (χ3v) is 4.90. The molecule has 0 fully saturated rings. The van der Waals surface area contributed by atoms with E-state index in [0.717, 1.165) is 12.2 Å². The van der Waals surface area contributed by atoms with Crippen LogP contribution in [0.2, 0.25) is 0 Å². The Morgan fingerprint density at radius 3 is 2.80 bits per heavy atom. The lowest BCUT2D eigenvalue weighted by Gasteiger charge is -2.27. The monoisotopic (exact) mass is 315 g/mol. The van der Waals surface area contributed by atoms with Crippen LogP contribution in [0, 0.1) is 0 Å². The Kier molecular flexibility index (Phi) is 7.09. The fourth-order valence-corrected chi connectivity index (χ4v) is 3.59. The molecular weight excluding hydrogens is 294 g/mol. The molecule has 6 heteroatoms. The molecule has 1 unspecified atom stereocenters. The Morgan fingerprint density at radius 1 is 1.50 bits per heavy atom. The third kappa shape index (κ3) is 5.17. The molecule has 4 nitrogen and oxygen atoms in total. The van der Waals surface area contributed by atoms with Crippen molar-refractivity contribution in [1.82, 2.24) is 5.32 Å². The standard InChI is InChI=1S/C14H21NO3S2/c1-4-7-14(2,13(17)18-3)15-12(16)10-19-9-11-6-5-8-20-11/h5-6,8H,4,7,9-10H2,1-3H3,(H,15,16). The van der Waals surface area contributed by atoms with Crippen molar-refractivity contribution < 1.29 is 14.3 Å². The van der Waals surface area contributed by atoms with Crippen LogP contribution in [0.5, 0.6) is 0 Å². The van der Waals surface area contributed by atoms with Crippen molar-refractivity contribution in [2.45, 2.75) is 38.0 Å². The molecule has 0 spiro atoms. The van der Waals surface area contributed by atoms with E-state index >= 15 is 0 Å². The molecule has 1 aromatic rings. The molecular formula is C14H21NO3S2. The van der Waals surface area contributed by atoms with Gasteiger partial charge in [0.05, 0.1) is 12.9 Å². The Morgan fingerprint density at radius 2 is 2.25 bits per heavy atom. The highest BCUT2D eigenvalue weighted by Gasteiger charge is 2.34. The van der Waals surface area contributed by atoms with E-state index in [9.17, 15) is 9.59 Å². The van der Waals surface area contributed by atoms with Gasteiger partial charge in [-0.3, -0.25) is 4.79 Å². The van der Waals surface area contributed by atoms with Crippen LogP contribution in [0.3, 0.4) is 0 Å². The maximum Gasteiger partial charge on any atom is 0.331 e. The van der Waals surface area contributed by atoms with Crippen molar-refractivity contribution in [3.05, 3.63) is 22.4 Å². The number of hydrogen-bond acceptors (Lipinski definition) is 5. The van der Waals surface area contributed by atoms with Crippen LogP contribution in [0.15, 0.2) is 17.5 Å². The SMILES string of the molecule is CCCC(C)(NC(=O)CSCc1cccs1)C(=O)OC. The van der Waals surface area contributed by atoms with Gasteiger partial charge in [-0.1, -0.05) is 19.4 Å². The van der Waals surface area contributed by atoms with E-state index in [1.807, 2.05) is 24.4 Å². The molecule has 20 heavy (non-hydrogen) atoms. The summed E-state index contributed by atoms with van der Waals surface area (Å²) in [7, 11) is 1.34. The average molecular weight is 315 g/mol. The first-order valence-corrected chi connectivity index (χ1v) is 8.55. The van der Waals surface area contributed by atoms with E-state index in [1.165, 1.54) is 12.0 Å². The van der Waals surface area contributed by atoms with E-state index in [1.54, 1.807) is 30.0 Å². The number of thioether (sulfide) groups is 1. The molecule has 0 aliphatic heterocycles. The van der Waals surface area contributed by atoms with Crippen LogP contribution < -0.4 is 5.32 Å². The lowest BCUT2D eigenvalue weighted by molar-refractivity contribution is -0.150. The minimum atomic E-state index is -0.927. The number of carbonyl (C=O) groups excluding carboxylic acids is 2. The van der Waals surface area contributed by atoms with Crippen LogP contribution in [0.4, 0.5) is 0 Å². The van der Waals surface area contributed by atoms with Crippen molar-refractivity contribution in [2.75, 3.05) is 12.9 Å². The predicted octanol–water partition coefficient (Wildman–Crippen LogP) is 2.83. The largest absolute Gasteiger partial charge is 0.467 e. The number of thiophene rings is 1. The van der Waals surface area contributed by atoms with Crippen LogP contribution >= 0.6 is 23.1 Å². The molecule has 0 aliphatic carbocycles. The maximum atomic E-state index is 11.9. The summed E-state index contributed by atoms with van der Waals surface area (Å²) in [6.45, 7) is 3.68. The summed E-state index contributed by atoms with van der Waals surface area (Å²) in [5, 5.41) is 4.81. The Labute approximate surface area is 128 Å². The molecule has 0 bridgehead atoms. The van der Waals surface area contributed by atoms with E-state index in [4.69, 9.17) is 4.74 Å². The van der Waals surface area contributed by atoms with Gasteiger partial charge in [0.25, 0.3) is 0 Å². The van der Waals surface area contributed by atoms with Crippen molar-refractivity contribution >= 4 is 35.0 Å². The number of methoxy groups -OCH3 is 1. The van der Waals surface area contributed by atoms with E-state index in [-0.39, 0.29) is 5.91 Å². The zero-order valence-electron chi connectivity index (χ0n) is 12.1. The smallest absolute Gasteiger partial charge is 0.331 e. The second kappa shape index (κ2) is 8.32. The van der Waals surface area contributed by atoms with Gasteiger partial charge in [-0.15, -0.1) is 23.1 Å². The van der Waals surface area contributed by atoms with Crippen LogP contribution in [-0.2, 0) is 20.1 Å². The number of esters is 1. The van der Waals surface area contributed by atoms with Crippen molar-refractivity contribution in [3.8, 4) is 0 Å². The highest BCUT2D eigenvalue weighted by molar-refractivity contribution is 7.99. The van der Waals surface area contributed by atoms with Gasteiger partial charge >= 0.3 is 5.97 Å². The summed E-state index contributed by atoms with van der Waals surface area (Å²) in [5.74, 6) is 0.631. The first-order chi connectivity index (χ1) is 9.51. The van der Waals surface area contributed by atoms with Crippen molar-refractivity contribution in [3.63, 3.8) is 0 Å². The van der Waals surface area contributed by atoms with Crippen LogP contribution in [0.1, 0.15) is 31.6 Å². The second-order valence-corrected chi connectivity index (χ2v) is 6.71. The summed E-state index contributed by atoms with van der Waals surface area (Å²) in [6.07, 6.45) is 1.37. The number of nitrogens with one attached hydrogen (secondary N) is 1. The van der Waals surface area contributed by atoms with Gasteiger partial charge in [0.2, 0.25) is 5.91 Å². The van der Waals surface area contributed by atoms with Crippen molar-refractivity contribution in [1.29, 1.82) is 0 Å². The molecule has 0 radical (unpaired) electrons. The summed E-state index contributed by atoms with van der Waals surface area (Å²) in [5.41, 5.74) is -0.927. The molecule has 0 aliphatic rings. The second-order valence-electron chi connectivity index (χ2n) is 4.69. The van der Waals surface area contributed by atoms with Gasteiger partial charge in [0.15, 0.2) is 0 Å². The van der Waals surface area contributed by atoms with Crippen LogP contribution in [0.25, 0.3) is 0 Å². The lowest BCUT2D eigenvalue weighted by Crippen LogP contribution is -2.53. The number of carbonyl (C=O) groups is 2. The van der Waals surface area contributed by atoms with E-state index in [0.29, 0.717) is 12.2 Å². The number of rotatable bonds is 8. The first-order valence-electron chi connectivity index (χ1n) is 6.51. The highest BCUT2D eigenvalue weighted by Crippen LogP contribution is 2.18. The van der Waals surface area contributed by atoms with Gasteiger partial charge in [-0.2, -0.15) is 0 Å². The maximum absolute atomic E-state index is 11.9. The fourth-order valence-electron chi connectivity index (χ4n) is 1.92. The minimum Gasteiger partial charge on any atom is -0.467 e. The van der Waals surface area contributed by atoms with Gasteiger partial charge in [-0.25, -0.2) is 4.79 Å². The molecule has 1 N–H and O–H groups in total. The number of hydrogen-bond donors (Lipinski definition) is 1. The highest BCUT2D eigenvalue weighted by atomic mass is 32.2. The molecule has 1 amide bonds. The van der Waals surface area contributed by atoms with Gasteiger partial charge < -0.3 is 10.1 Å². The third-order valence-electron chi connectivity index (χ3n) is 2.86. The lowest BCUT2D eigenvalue weighted by atomic mass is 9.96. The predicted molar refractivity (Wildman–Crippen MR) is 84.0 cm³/mol. The minimum absolute atomic E-state index is 0.132. The number of ether oxygens (including phenoxy) is 1. The topological polar surface area (TPSA) is 55.4 Å². The number of amides is 1. The normalized spacial score (nSPS) is 13.6. The molecule has 1 atom stereocenters. The molecule has 112 valence electrons. The first kappa shape index (κ1) is 17.0. The molecule has 0 saturated heterocycles. The van der Waals surface area contributed by atoms with Gasteiger partial charge in [0, 0.05) is 10.6 Å². The molecule has 0 saturated carbocycles. The fraction of sp³-hybridized carbons (Fsp3) is 0.571. The molecule has 1 rings (SSSR count). The van der Waals surface area contributed by atoms with Crippen molar-refractivity contribution in [2.24, 2.45) is 0 Å². The zero-order chi connectivity index (χ0) is 15.0. The molecule has 0 aromatic carbocycles.